The van der Waals surface area contributed by atoms with Crippen LogP contribution in [-0.4, -0.2) is 10.9 Å². The van der Waals surface area contributed by atoms with Gasteiger partial charge in [-0.15, -0.1) is 0 Å². The Morgan fingerprint density at radius 1 is 1.64 bits per heavy atom. The topological polar surface area (TPSA) is 42.0 Å². The molecule has 0 aromatic carbocycles. The third-order valence-corrected chi connectivity index (χ3v) is 1.48. The lowest BCUT2D eigenvalue weighted by atomic mass is 10.3. The normalized spacial score (nSPS) is 9.27. The molecule has 1 aromatic heterocycles. The highest BCUT2D eigenvalue weighted by Gasteiger charge is 2.02. The number of carbonyl (C=O) groups excluding carboxylic acids is 1. The summed E-state index contributed by atoms with van der Waals surface area (Å²) < 4.78 is 2.17. The predicted molar refractivity (Wildman–Crippen MR) is 45.7 cm³/mol. The van der Waals surface area contributed by atoms with Gasteiger partial charge in [-0.25, -0.2) is 0 Å². The lowest BCUT2D eigenvalue weighted by Gasteiger charge is -1.96. The summed E-state index contributed by atoms with van der Waals surface area (Å²) in [7, 11) is 0. The van der Waals surface area contributed by atoms with Gasteiger partial charge >= 0.3 is 0 Å². The van der Waals surface area contributed by atoms with Gasteiger partial charge in [-0.1, -0.05) is 24.4 Å². The van der Waals surface area contributed by atoms with E-state index in [0.717, 1.165) is 0 Å². The Bertz CT molecular complexity index is 279. The molecule has 3 nitrogen and oxygen atoms in total. The van der Waals surface area contributed by atoms with Crippen LogP contribution in [0.25, 0.3) is 0 Å². The van der Waals surface area contributed by atoms with Gasteiger partial charge in [-0.05, 0) is 6.07 Å². The molecule has 1 heterocycles. The molecule has 0 unspecified atom stereocenters. The van der Waals surface area contributed by atoms with Crippen LogP contribution in [-0.2, 0) is 0 Å². The monoisotopic (exact) mass is 188 g/mol. The number of nitrogens with one attached hydrogen (secondary N) is 1. The fraction of sp³-hybridized carbons (Fsp3) is 0. The Balaban J connectivity index is 2.96. The highest BCUT2D eigenvalue weighted by molar-refractivity contribution is 7.78. The van der Waals surface area contributed by atoms with E-state index in [0.29, 0.717) is 10.6 Å². The maximum absolute atomic E-state index is 10.9. The number of thiol groups is 1. The molecule has 1 amide bonds. The molecular weight excluding hydrogens is 184 g/mol. The summed E-state index contributed by atoms with van der Waals surface area (Å²) in [5, 5.41) is 0.430. The van der Waals surface area contributed by atoms with E-state index in [4.69, 9.17) is 11.6 Å². The Labute approximate surface area is 74.3 Å². The fourth-order valence-electron chi connectivity index (χ4n) is 0.601. The van der Waals surface area contributed by atoms with E-state index in [-0.39, 0.29) is 5.91 Å². The van der Waals surface area contributed by atoms with Gasteiger partial charge in [-0.3, -0.25) is 14.5 Å². The van der Waals surface area contributed by atoms with Crippen molar-refractivity contribution in [1.82, 2.24) is 9.71 Å². The van der Waals surface area contributed by atoms with E-state index in [2.05, 4.69) is 22.5 Å². The van der Waals surface area contributed by atoms with Crippen molar-refractivity contribution in [3.8, 4) is 0 Å². The number of carbonyl (C=O) groups is 1. The summed E-state index contributed by atoms with van der Waals surface area (Å²) in [5.74, 6) is -0.316. The molecule has 5 heteroatoms. The zero-order valence-corrected chi connectivity index (χ0v) is 7.06. The summed E-state index contributed by atoms with van der Waals surface area (Å²) in [5.41, 5.74) is 0.396. The van der Waals surface area contributed by atoms with E-state index >= 15 is 0 Å². The van der Waals surface area contributed by atoms with Crippen LogP contribution in [0.2, 0.25) is 5.02 Å². The van der Waals surface area contributed by atoms with Crippen molar-refractivity contribution in [2.75, 3.05) is 0 Å². The van der Waals surface area contributed by atoms with E-state index in [1.807, 2.05) is 0 Å². The molecule has 1 aromatic rings. The highest BCUT2D eigenvalue weighted by Crippen LogP contribution is 2.07. The fourth-order valence-corrected chi connectivity index (χ4v) is 0.904. The Hall–Kier alpha value is -0.740. The molecule has 11 heavy (non-hydrogen) atoms. The molecule has 0 saturated carbocycles. The molecule has 0 spiro atoms. The largest absolute Gasteiger partial charge is 0.299 e. The number of aromatic nitrogens is 1. The summed E-state index contributed by atoms with van der Waals surface area (Å²) >= 11 is 9.17. The van der Waals surface area contributed by atoms with Crippen LogP contribution >= 0.6 is 24.4 Å². The van der Waals surface area contributed by atoms with Crippen molar-refractivity contribution in [3.05, 3.63) is 29.0 Å². The molecule has 0 fully saturated rings. The molecule has 0 aliphatic carbocycles. The average molecular weight is 189 g/mol. The first-order valence-electron chi connectivity index (χ1n) is 2.79. The summed E-state index contributed by atoms with van der Waals surface area (Å²) in [6, 6.07) is 1.51. The zero-order valence-electron chi connectivity index (χ0n) is 5.41. The van der Waals surface area contributed by atoms with Crippen molar-refractivity contribution < 1.29 is 4.79 Å². The van der Waals surface area contributed by atoms with E-state index < -0.39 is 0 Å². The predicted octanol–water partition coefficient (Wildman–Crippen LogP) is 1.31. The van der Waals surface area contributed by atoms with Gasteiger partial charge in [0.1, 0.15) is 0 Å². The van der Waals surface area contributed by atoms with Crippen molar-refractivity contribution in [2.45, 2.75) is 0 Å². The van der Waals surface area contributed by atoms with Gasteiger partial charge in [0.05, 0.1) is 10.6 Å². The molecule has 58 valence electrons. The second-order valence-electron chi connectivity index (χ2n) is 1.83. The number of hydrogen-bond acceptors (Lipinski definition) is 3. The van der Waals surface area contributed by atoms with Crippen molar-refractivity contribution in [1.29, 1.82) is 0 Å². The standard InChI is InChI=1S/C6H5ClN2OS/c7-5-1-4(2-8-3-5)6(10)9-11/h1-3,11H,(H,9,10). The number of rotatable bonds is 1. The van der Waals surface area contributed by atoms with Crippen LogP contribution in [0.1, 0.15) is 10.4 Å². The van der Waals surface area contributed by atoms with E-state index in [9.17, 15) is 4.79 Å². The molecule has 0 bridgehead atoms. The van der Waals surface area contributed by atoms with Crippen molar-refractivity contribution in [2.24, 2.45) is 0 Å². The zero-order chi connectivity index (χ0) is 8.27. The minimum absolute atomic E-state index is 0.316. The SMILES string of the molecule is O=C(NS)c1cncc(Cl)c1. The summed E-state index contributed by atoms with van der Waals surface area (Å²) in [6.45, 7) is 0. The summed E-state index contributed by atoms with van der Waals surface area (Å²) in [6.07, 6.45) is 2.87. The van der Waals surface area contributed by atoms with Gasteiger partial charge in [0.25, 0.3) is 5.91 Å². The molecule has 0 saturated heterocycles. The Morgan fingerprint density at radius 2 is 2.36 bits per heavy atom. The van der Waals surface area contributed by atoms with E-state index in [1.54, 1.807) is 0 Å². The maximum Gasteiger partial charge on any atom is 0.262 e. The number of hydrogen-bond donors (Lipinski definition) is 2. The second kappa shape index (κ2) is 3.59. The third-order valence-electron chi connectivity index (χ3n) is 1.07. The number of nitrogens with zero attached hydrogens (tertiary/aromatic N) is 1. The Kier molecular flexibility index (Phi) is 2.73. The second-order valence-corrected chi connectivity index (χ2v) is 2.49. The van der Waals surface area contributed by atoms with Crippen LogP contribution in [0.15, 0.2) is 18.5 Å². The van der Waals surface area contributed by atoms with Gasteiger partial charge in [0.2, 0.25) is 0 Å². The Morgan fingerprint density at radius 3 is 2.91 bits per heavy atom. The first-order chi connectivity index (χ1) is 5.24. The lowest BCUT2D eigenvalue weighted by molar-refractivity contribution is 0.0984. The summed E-state index contributed by atoms with van der Waals surface area (Å²) in [4.78, 5) is 14.6. The number of halogens is 1. The number of amides is 1. The smallest absolute Gasteiger partial charge is 0.262 e. The first-order valence-corrected chi connectivity index (χ1v) is 3.61. The average Bonchev–Trinajstić information content (AvgIpc) is 2.03. The van der Waals surface area contributed by atoms with Crippen LogP contribution in [0.5, 0.6) is 0 Å². The minimum Gasteiger partial charge on any atom is -0.299 e. The quantitative estimate of drug-likeness (QED) is 0.653. The van der Waals surface area contributed by atoms with Crippen LogP contribution < -0.4 is 4.72 Å². The number of pyridine rings is 1. The molecule has 0 radical (unpaired) electrons. The van der Waals surface area contributed by atoms with Crippen LogP contribution in [0.3, 0.4) is 0 Å². The van der Waals surface area contributed by atoms with Gasteiger partial charge in [0.15, 0.2) is 0 Å². The molecule has 0 aliphatic rings. The maximum atomic E-state index is 10.9. The van der Waals surface area contributed by atoms with Gasteiger partial charge in [-0.2, -0.15) is 0 Å². The van der Waals surface area contributed by atoms with E-state index in [1.165, 1.54) is 18.5 Å². The van der Waals surface area contributed by atoms with Crippen LogP contribution in [0, 0.1) is 0 Å². The third kappa shape index (κ3) is 2.10. The van der Waals surface area contributed by atoms with Gasteiger partial charge < -0.3 is 0 Å². The first kappa shape index (κ1) is 8.36. The van der Waals surface area contributed by atoms with Crippen molar-refractivity contribution >= 4 is 30.3 Å². The lowest BCUT2D eigenvalue weighted by Crippen LogP contribution is -2.12. The minimum atomic E-state index is -0.316. The highest BCUT2D eigenvalue weighted by atomic mass is 35.5. The van der Waals surface area contributed by atoms with Crippen molar-refractivity contribution in [3.63, 3.8) is 0 Å². The molecular formula is C6H5ClN2OS. The molecule has 1 rings (SSSR count). The van der Waals surface area contributed by atoms with Crippen LogP contribution in [0.4, 0.5) is 0 Å². The molecule has 0 aliphatic heterocycles. The molecule has 1 N–H and O–H groups in total. The van der Waals surface area contributed by atoms with Gasteiger partial charge in [0, 0.05) is 12.4 Å². The molecule has 0 atom stereocenters.